The van der Waals surface area contributed by atoms with Gasteiger partial charge in [0.2, 0.25) is 0 Å². The normalized spacial score (nSPS) is 19.6. The zero-order valence-electron chi connectivity index (χ0n) is 17.0. The Balaban J connectivity index is 0.00000102. The van der Waals surface area contributed by atoms with Crippen molar-refractivity contribution >= 4 is 16.7 Å². The molecule has 2 aliphatic rings. The SMILES string of the molecule is CC.O=C(c1ccc(CCC2CCCN2)c2ccccc12)N1CCCCC1. The molecule has 2 aromatic carbocycles. The molecule has 4 rings (SSSR count). The fourth-order valence-corrected chi connectivity index (χ4v) is 4.37. The van der Waals surface area contributed by atoms with E-state index in [1.165, 1.54) is 36.6 Å². The Morgan fingerprint density at radius 3 is 2.44 bits per heavy atom. The van der Waals surface area contributed by atoms with Gasteiger partial charge in [-0.25, -0.2) is 0 Å². The van der Waals surface area contributed by atoms with Gasteiger partial charge in [-0.15, -0.1) is 0 Å². The van der Waals surface area contributed by atoms with Gasteiger partial charge < -0.3 is 10.2 Å². The molecule has 1 unspecified atom stereocenters. The first kappa shape index (κ1) is 19.9. The number of likely N-dealkylation sites (tertiary alicyclic amines) is 1. The number of amides is 1. The average molecular weight is 367 g/mol. The van der Waals surface area contributed by atoms with E-state index in [2.05, 4.69) is 41.7 Å². The summed E-state index contributed by atoms with van der Waals surface area (Å²) in [6.45, 7) is 6.97. The fourth-order valence-electron chi connectivity index (χ4n) is 4.37. The van der Waals surface area contributed by atoms with Crippen LogP contribution in [0.5, 0.6) is 0 Å². The third-order valence-corrected chi connectivity index (χ3v) is 5.81. The van der Waals surface area contributed by atoms with Crippen molar-refractivity contribution in [1.29, 1.82) is 0 Å². The lowest BCUT2D eigenvalue weighted by atomic mass is 9.94. The van der Waals surface area contributed by atoms with Crippen LogP contribution < -0.4 is 5.32 Å². The largest absolute Gasteiger partial charge is 0.339 e. The van der Waals surface area contributed by atoms with Crippen molar-refractivity contribution < 1.29 is 4.79 Å². The number of hydrogen-bond acceptors (Lipinski definition) is 2. The van der Waals surface area contributed by atoms with Gasteiger partial charge in [0.05, 0.1) is 0 Å². The standard InChI is InChI=1S/C22H28N2O.C2H6/c25-22(24-15-4-1-5-16-24)21-13-11-17(10-12-18-7-6-14-23-18)19-8-2-3-9-20(19)21;1-2/h2-3,8-9,11,13,18,23H,1,4-7,10,12,14-16H2;1-2H3. The summed E-state index contributed by atoms with van der Waals surface area (Å²) in [5.74, 6) is 0.208. The van der Waals surface area contributed by atoms with Crippen LogP contribution in [0.2, 0.25) is 0 Å². The molecule has 0 saturated carbocycles. The molecule has 0 radical (unpaired) electrons. The highest BCUT2D eigenvalue weighted by Gasteiger charge is 2.21. The molecule has 146 valence electrons. The number of fused-ring (bicyclic) bond motifs is 1. The summed E-state index contributed by atoms with van der Waals surface area (Å²) in [5.41, 5.74) is 2.25. The van der Waals surface area contributed by atoms with Crippen molar-refractivity contribution in [2.24, 2.45) is 0 Å². The molecule has 2 saturated heterocycles. The predicted octanol–water partition coefficient (Wildman–Crippen LogP) is 5.18. The third kappa shape index (κ3) is 4.70. The number of hydrogen-bond donors (Lipinski definition) is 1. The Morgan fingerprint density at radius 1 is 1.00 bits per heavy atom. The van der Waals surface area contributed by atoms with E-state index >= 15 is 0 Å². The topological polar surface area (TPSA) is 32.3 Å². The molecule has 3 heteroatoms. The van der Waals surface area contributed by atoms with Gasteiger partial charge >= 0.3 is 0 Å². The Hall–Kier alpha value is -1.87. The van der Waals surface area contributed by atoms with E-state index < -0.39 is 0 Å². The van der Waals surface area contributed by atoms with Crippen LogP contribution in [-0.4, -0.2) is 36.5 Å². The van der Waals surface area contributed by atoms with E-state index in [9.17, 15) is 4.79 Å². The van der Waals surface area contributed by atoms with Gasteiger partial charge in [0, 0.05) is 24.7 Å². The molecule has 2 heterocycles. The molecule has 2 aliphatic heterocycles. The molecule has 27 heavy (non-hydrogen) atoms. The van der Waals surface area contributed by atoms with Crippen LogP contribution in [0.4, 0.5) is 0 Å². The van der Waals surface area contributed by atoms with Crippen LogP contribution in [0.25, 0.3) is 10.8 Å². The summed E-state index contributed by atoms with van der Waals surface area (Å²) < 4.78 is 0. The molecule has 1 amide bonds. The van der Waals surface area contributed by atoms with Crippen LogP contribution in [0, 0.1) is 0 Å². The minimum atomic E-state index is 0.208. The number of rotatable bonds is 4. The van der Waals surface area contributed by atoms with Gasteiger partial charge in [-0.05, 0) is 73.9 Å². The van der Waals surface area contributed by atoms with Gasteiger partial charge in [0.15, 0.2) is 0 Å². The second-order valence-corrected chi connectivity index (χ2v) is 7.50. The maximum absolute atomic E-state index is 13.0. The summed E-state index contributed by atoms with van der Waals surface area (Å²) in [6.07, 6.45) is 8.38. The van der Waals surface area contributed by atoms with Gasteiger partial charge in [0.25, 0.3) is 5.91 Å². The van der Waals surface area contributed by atoms with Gasteiger partial charge in [-0.1, -0.05) is 44.2 Å². The lowest BCUT2D eigenvalue weighted by Crippen LogP contribution is -2.35. The Morgan fingerprint density at radius 2 is 1.74 bits per heavy atom. The Kier molecular flexibility index (Phi) is 7.28. The molecule has 3 nitrogen and oxygen atoms in total. The van der Waals surface area contributed by atoms with E-state index in [4.69, 9.17) is 0 Å². The Labute approximate surface area is 164 Å². The minimum absolute atomic E-state index is 0.208. The molecule has 0 bridgehead atoms. The predicted molar refractivity (Wildman–Crippen MR) is 114 cm³/mol. The molecule has 1 N–H and O–H groups in total. The smallest absolute Gasteiger partial charge is 0.254 e. The lowest BCUT2D eigenvalue weighted by Gasteiger charge is -2.27. The molecule has 0 spiro atoms. The van der Waals surface area contributed by atoms with Crippen LogP contribution in [0.3, 0.4) is 0 Å². The van der Waals surface area contributed by atoms with Gasteiger partial charge in [-0.3, -0.25) is 4.79 Å². The van der Waals surface area contributed by atoms with Crippen molar-refractivity contribution in [3.63, 3.8) is 0 Å². The molecule has 1 atom stereocenters. The molecular formula is C24H34N2O. The number of aryl methyl sites for hydroxylation is 1. The molecule has 2 fully saturated rings. The summed E-state index contributed by atoms with van der Waals surface area (Å²) >= 11 is 0. The molecule has 0 aromatic heterocycles. The minimum Gasteiger partial charge on any atom is -0.339 e. The fraction of sp³-hybridized carbons (Fsp3) is 0.542. The first-order valence-corrected chi connectivity index (χ1v) is 10.9. The number of carbonyl (C=O) groups is 1. The first-order valence-electron chi connectivity index (χ1n) is 10.9. The maximum atomic E-state index is 13.0. The van der Waals surface area contributed by atoms with Crippen LogP contribution in [-0.2, 0) is 6.42 Å². The van der Waals surface area contributed by atoms with Crippen LogP contribution in [0.15, 0.2) is 36.4 Å². The monoisotopic (exact) mass is 366 g/mol. The molecular weight excluding hydrogens is 332 g/mol. The zero-order chi connectivity index (χ0) is 19.1. The number of benzene rings is 2. The van der Waals surface area contributed by atoms with Crippen molar-refractivity contribution in [1.82, 2.24) is 10.2 Å². The first-order chi connectivity index (χ1) is 13.3. The van der Waals surface area contributed by atoms with E-state index in [0.717, 1.165) is 49.8 Å². The average Bonchev–Trinajstić information content (AvgIpc) is 3.27. The zero-order valence-corrected chi connectivity index (χ0v) is 17.0. The summed E-state index contributed by atoms with van der Waals surface area (Å²) in [4.78, 5) is 15.0. The summed E-state index contributed by atoms with van der Waals surface area (Å²) in [6, 6.07) is 13.4. The van der Waals surface area contributed by atoms with E-state index in [-0.39, 0.29) is 5.91 Å². The van der Waals surface area contributed by atoms with Crippen molar-refractivity contribution in [3.05, 3.63) is 47.5 Å². The Bertz CT molecular complexity index is 743. The van der Waals surface area contributed by atoms with Crippen LogP contribution >= 0.6 is 0 Å². The van der Waals surface area contributed by atoms with Crippen molar-refractivity contribution in [2.45, 2.75) is 64.8 Å². The molecule has 2 aromatic rings. The van der Waals surface area contributed by atoms with E-state index in [1.54, 1.807) is 0 Å². The van der Waals surface area contributed by atoms with E-state index in [0.29, 0.717) is 6.04 Å². The highest BCUT2D eigenvalue weighted by molar-refractivity contribution is 6.07. The summed E-state index contributed by atoms with van der Waals surface area (Å²) in [7, 11) is 0. The summed E-state index contributed by atoms with van der Waals surface area (Å²) in [5, 5.41) is 5.96. The van der Waals surface area contributed by atoms with Gasteiger partial charge in [0.1, 0.15) is 0 Å². The number of nitrogens with zero attached hydrogens (tertiary/aromatic N) is 1. The maximum Gasteiger partial charge on any atom is 0.254 e. The highest BCUT2D eigenvalue weighted by atomic mass is 16.2. The lowest BCUT2D eigenvalue weighted by molar-refractivity contribution is 0.0726. The van der Waals surface area contributed by atoms with Crippen molar-refractivity contribution in [2.75, 3.05) is 19.6 Å². The second-order valence-electron chi connectivity index (χ2n) is 7.50. The van der Waals surface area contributed by atoms with Crippen LogP contribution in [0.1, 0.15) is 68.3 Å². The van der Waals surface area contributed by atoms with Crippen molar-refractivity contribution in [3.8, 4) is 0 Å². The van der Waals surface area contributed by atoms with Gasteiger partial charge in [-0.2, -0.15) is 0 Å². The number of piperidine rings is 1. The quantitative estimate of drug-likeness (QED) is 0.809. The number of nitrogens with one attached hydrogen (secondary N) is 1. The van der Waals surface area contributed by atoms with E-state index in [1.807, 2.05) is 18.7 Å². The number of carbonyl (C=O) groups excluding carboxylic acids is 1. The molecule has 0 aliphatic carbocycles. The highest BCUT2D eigenvalue weighted by Crippen LogP contribution is 2.27. The third-order valence-electron chi connectivity index (χ3n) is 5.81. The second kappa shape index (κ2) is 9.89.